The molecule has 0 radical (unpaired) electrons. The molecule has 3 aromatic rings. The normalized spacial score (nSPS) is 14.3. The lowest BCUT2D eigenvalue weighted by molar-refractivity contribution is 0.300. The fraction of sp³-hybridized carbons (Fsp3) is 0.429. The zero-order chi connectivity index (χ0) is 24.8. The SMILES string of the molecule is COc1cccc(CNC(=S)N2CCC(c3nccn3Cc3ccc(C(C)C)cc3)CC2)c1OC. The summed E-state index contributed by atoms with van der Waals surface area (Å²) in [6, 6.07) is 14.9. The maximum Gasteiger partial charge on any atom is 0.169 e. The van der Waals surface area contributed by atoms with E-state index in [2.05, 4.69) is 59.1 Å². The summed E-state index contributed by atoms with van der Waals surface area (Å²) in [4.78, 5) is 6.99. The molecule has 1 aromatic heterocycles. The standard InChI is InChI=1S/C28H36N4O2S/c1-20(2)22-10-8-21(9-11-22)19-32-17-14-29-27(32)23-12-15-31(16-13-23)28(35)30-18-24-6-5-7-25(33-3)26(24)34-4/h5-11,14,17,20,23H,12-13,15-16,18-19H2,1-4H3,(H,30,35). The highest BCUT2D eigenvalue weighted by Gasteiger charge is 2.25. The van der Waals surface area contributed by atoms with Gasteiger partial charge in [0.05, 0.1) is 14.2 Å². The molecule has 0 unspecified atom stereocenters. The average Bonchev–Trinajstić information content (AvgIpc) is 3.35. The lowest BCUT2D eigenvalue weighted by atomic mass is 9.96. The smallest absolute Gasteiger partial charge is 0.169 e. The van der Waals surface area contributed by atoms with Crippen LogP contribution in [0.5, 0.6) is 11.5 Å². The van der Waals surface area contributed by atoms with Crippen LogP contribution in [0.25, 0.3) is 0 Å². The van der Waals surface area contributed by atoms with Crippen LogP contribution in [0.1, 0.15) is 61.0 Å². The molecule has 7 heteroatoms. The minimum absolute atomic E-state index is 0.442. The molecule has 0 aliphatic carbocycles. The van der Waals surface area contributed by atoms with Crippen LogP contribution in [0.2, 0.25) is 0 Å². The molecule has 35 heavy (non-hydrogen) atoms. The second-order valence-corrected chi connectivity index (χ2v) is 9.77. The summed E-state index contributed by atoms with van der Waals surface area (Å²) in [6.45, 7) is 7.75. The fourth-order valence-corrected chi connectivity index (χ4v) is 4.99. The molecule has 2 aromatic carbocycles. The van der Waals surface area contributed by atoms with Gasteiger partial charge in [-0.1, -0.05) is 50.2 Å². The molecule has 186 valence electrons. The first-order valence-electron chi connectivity index (χ1n) is 12.3. The van der Waals surface area contributed by atoms with Crippen molar-refractivity contribution in [3.63, 3.8) is 0 Å². The highest BCUT2D eigenvalue weighted by atomic mass is 32.1. The van der Waals surface area contributed by atoms with Crippen LogP contribution in [-0.4, -0.2) is 46.9 Å². The number of thiocarbonyl (C=S) groups is 1. The Hall–Kier alpha value is -3.06. The molecule has 6 nitrogen and oxygen atoms in total. The highest BCUT2D eigenvalue weighted by molar-refractivity contribution is 7.80. The van der Waals surface area contributed by atoms with Crippen molar-refractivity contribution < 1.29 is 9.47 Å². The monoisotopic (exact) mass is 492 g/mol. The Morgan fingerprint density at radius 2 is 1.83 bits per heavy atom. The summed E-state index contributed by atoms with van der Waals surface area (Å²) in [7, 11) is 3.31. The van der Waals surface area contributed by atoms with Crippen LogP contribution in [0.15, 0.2) is 54.9 Å². The summed E-state index contributed by atoms with van der Waals surface area (Å²) in [6.07, 6.45) is 6.10. The number of hydrogen-bond donors (Lipinski definition) is 1. The van der Waals surface area contributed by atoms with Gasteiger partial charge >= 0.3 is 0 Å². The van der Waals surface area contributed by atoms with E-state index in [0.29, 0.717) is 18.4 Å². The molecule has 1 N–H and O–H groups in total. The molecular formula is C28H36N4O2S. The van der Waals surface area contributed by atoms with Gasteiger partial charge in [-0.15, -0.1) is 0 Å². The van der Waals surface area contributed by atoms with Gasteiger partial charge in [-0.3, -0.25) is 0 Å². The lowest BCUT2D eigenvalue weighted by Gasteiger charge is -2.34. The first-order chi connectivity index (χ1) is 17.0. The van der Waals surface area contributed by atoms with Gasteiger partial charge in [-0.25, -0.2) is 4.98 Å². The summed E-state index contributed by atoms with van der Waals surface area (Å²) < 4.78 is 13.2. The number of para-hydroxylation sites is 1. The molecule has 0 saturated carbocycles. The van der Waals surface area contributed by atoms with E-state index in [9.17, 15) is 0 Å². The number of rotatable bonds is 8. The maximum absolute atomic E-state index is 5.72. The van der Waals surface area contributed by atoms with Crippen molar-refractivity contribution in [2.24, 2.45) is 0 Å². The van der Waals surface area contributed by atoms with Gasteiger partial charge in [-0.05, 0) is 48.2 Å². The van der Waals surface area contributed by atoms with Gasteiger partial charge in [0.1, 0.15) is 5.82 Å². The zero-order valence-corrected chi connectivity index (χ0v) is 22.0. The molecular weight excluding hydrogens is 456 g/mol. The topological polar surface area (TPSA) is 51.5 Å². The maximum atomic E-state index is 5.72. The number of methoxy groups -OCH3 is 2. The molecule has 0 spiro atoms. The predicted molar refractivity (Wildman–Crippen MR) is 144 cm³/mol. The fourth-order valence-electron chi connectivity index (χ4n) is 4.74. The van der Waals surface area contributed by atoms with Crippen molar-refractivity contribution in [1.29, 1.82) is 0 Å². The van der Waals surface area contributed by atoms with Crippen LogP contribution < -0.4 is 14.8 Å². The van der Waals surface area contributed by atoms with E-state index in [4.69, 9.17) is 26.7 Å². The van der Waals surface area contributed by atoms with Crippen molar-refractivity contribution in [1.82, 2.24) is 19.8 Å². The zero-order valence-electron chi connectivity index (χ0n) is 21.2. The van der Waals surface area contributed by atoms with Gasteiger partial charge < -0.3 is 24.3 Å². The summed E-state index contributed by atoms with van der Waals surface area (Å²) in [5, 5.41) is 4.18. The second kappa shape index (κ2) is 11.6. The number of nitrogens with one attached hydrogen (secondary N) is 1. The van der Waals surface area contributed by atoms with Crippen molar-refractivity contribution in [3.05, 3.63) is 77.4 Å². The number of hydrogen-bond acceptors (Lipinski definition) is 4. The van der Waals surface area contributed by atoms with E-state index >= 15 is 0 Å². The Labute approximate surface area is 214 Å². The summed E-state index contributed by atoms with van der Waals surface area (Å²) in [5.74, 6) is 3.64. The second-order valence-electron chi connectivity index (χ2n) is 9.38. The van der Waals surface area contributed by atoms with E-state index in [1.54, 1.807) is 14.2 Å². The highest BCUT2D eigenvalue weighted by Crippen LogP contribution is 2.31. The van der Waals surface area contributed by atoms with Gasteiger partial charge in [0.2, 0.25) is 0 Å². The van der Waals surface area contributed by atoms with Crippen molar-refractivity contribution >= 4 is 17.3 Å². The molecule has 4 rings (SSSR count). The number of benzene rings is 2. The quantitative estimate of drug-likeness (QED) is 0.429. The van der Waals surface area contributed by atoms with E-state index in [1.165, 1.54) is 17.0 Å². The lowest BCUT2D eigenvalue weighted by Crippen LogP contribution is -2.44. The van der Waals surface area contributed by atoms with Crippen LogP contribution >= 0.6 is 12.2 Å². The number of imidazole rings is 1. The van der Waals surface area contributed by atoms with Crippen LogP contribution in [-0.2, 0) is 13.1 Å². The minimum atomic E-state index is 0.442. The molecule has 2 heterocycles. The van der Waals surface area contributed by atoms with Gasteiger partial charge in [-0.2, -0.15) is 0 Å². The third-order valence-electron chi connectivity index (χ3n) is 6.81. The van der Waals surface area contributed by atoms with Gasteiger partial charge in [0, 0.05) is 50.1 Å². The number of ether oxygens (including phenoxy) is 2. The van der Waals surface area contributed by atoms with E-state index in [0.717, 1.165) is 54.7 Å². The third kappa shape index (κ3) is 5.96. The molecule has 0 atom stereocenters. The summed E-state index contributed by atoms with van der Waals surface area (Å²) >= 11 is 5.72. The Kier molecular flexibility index (Phi) is 8.29. The van der Waals surface area contributed by atoms with Gasteiger partial charge in [0.15, 0.2) is 16.6 Å². The largest absolute Gasteiger partial charge is 0.493 e. The first-order valence-corrected chi connectivity index (χ1v) is 12.7. The molecule has 1 saturated heterocycles. The van der Waals surface area contributed by atoms with Crippen LogP contribution in [0.3, 0.4) is 0 Å². The number of likely N-dealkylation sites (tertiary alicyclic amines) is 1. The Bertz CT molecular complexity index is 1120. The molecule has 0 amide bonds. The number of nitrogens with zero attached hydrogens (tertiary/aromatic N) is 3. The molecule has 1 aliphatic rings. The average molecular weight is 493 g/mol. The predicted octanol–water partition coefficient (Wildman–Crippen LogP) is 5.33. The molecule has 1 fully saturated rings. The Balaban J connectivity index is 1.32. The van der Waals surface area contributed by atoms with E-state index in [1.807, 2.05) is 24.4 Å². The van der Waals surface area contributed by atoms with Gasteiger partial charge in [0.25, 0.3) is 0 Å². The summed E-state index contributed by atoms with van der Waals surface area (Å²) in [5.41, 5.74) is 3.71. The van der Waals surface area contributed by atoms with E-state index in [-0.39, 0.29) is 0 Å². The van der Waals surface area contributed by atoms with Crippen molar-refractivity contribution in [2.45, 2.75) is 51.6 Å². The Morgan fingerprint density at radius 3 is 2.49 bits per heavy atom. The van der Waals surface area contributed by atoms with Crippen molar-refractivity contribution in [3.8, 4) is 11.5 Å². The van der Waals surface area contributed by atoms with Crippen LogP contribution in [0, 0.1) is 0 Å². The molecule has 0 bridgehead atoms. The minimum Gasteiger partial charge on any atom is -0.493 e. The molecule has 1 aliphatic heterocycles. The number of piperidine rings is 1. The number of aromatic nitrogens is 2. The Morgan fingerprint density at radius 1 is 1.09 bits per heavy atom. The van der Waals surface area contributed by atoms with Crippen LogP contribution in [0.4, 0.5) is 0 Å². The van der Waals surface area contributed by atoms with Crippen molar-refractivity contribution in [2.75, 3.05) is 27.3 Å². The first kappa shape index (κ1) is 25.0. The van der Waals surface area contributed by atoms with E-state index < -0.39 is 0 Å². The third-order valence-corrected chi connectivity index (χ3v) is 7.21.